The number of allylic oxidation sites excluding steroid dienone is 1. The molecule has 0 radical (unpaired) electrons. The van der Waals surface area contributed by atoms with Crippen LogP contribution in [0.2, 0.25) is 0 Å². The number of rotatable bonds is 9. The second kappa shape index (κ2) is 9.93. The predicted molar refractivity (Wildman–Crippen MR) is 119 cm³/mol. The maximum Gasteiger partial charge on any atom is 0.189 e. The van der Waals surface area contributed by atoms with E-state index in [2.05, 4.69) is 0 Å². The number of ether oxygens (including phenoxy) is 5. The van der Waals surface area contributed by atoms with Gasteiger partial charge in [0, 0.05) is 25.2 Å². The van der Waals surface area contributed by atoms with Crippen LogP contribution in [0.4, 0.5) is 4.39 Å². The van der Waals surface area contributed by atoms with Crippen molar-refractivity contribution in [1.82, 2.24) is 0 Å². The number of methoxy groups -OCH3 is 2. The maximum absolute atomic E-state index is 15.0. The molecule has 2 aromatic rings. The highest BCUT2D eigenvalue weighted by atomic mass is 19.1. The number of halogens is 1. The van der Waals surface area contributed by atoms with Gasteiger partial charge in [-0.1, -0.05) is 37.3 Å². The molecule has 0 amide bonds. The molecule has 1 aliphatic carbocycles. The van der Waals surface area contributed by atoms with Crippen LogP contribution in [0.3, 0.4) is 0 Å². The van der Waals surface area contributed by atoms with E-state index in [0.29, 0.717) is 48.9 Å². The largest absolute Gasteiger partial charge is 0.493 e. The van der Waals surface area contributed by atoms with Crippen molar-refractivity contribution < 1.29 is 32.9 Å². The van der Waals surface area contributed by atoms with Gasteiger partial charge in [0.1, 0.15) is 23.8 Å². The average Bonchev–Trinajstić information content (AvgIpc) is 3.24. The van der Waals surface area contributed by atoms with Gasteiger partial charge in [0.15, 0.2) is 24.1 Å². The molecule has 0 unspecified atom stereocenters. The molecule has 3 atom stereocenters. The van der Waals surface area contributed by atoms with Crippen molar-refractivity contribution in [1.29, 1.82) is 0 Å². The Bertz CT molecular complexity index is 1020. The minimum Gasteiger partial charge on any atom is -0.493 e. The molecule has 0 spiro atoms. The monoisotopic (exact) mass is 456 g/mol. The van der Waals surface area contributed by atoms with Crippen LogP contribution in [0.5, 0.6) is 11.5 Å². The zero-order chi connectivity index (χ0) is 23.4. The Kier molecular flexibility index (Phi) is 7.00. The lowest BCUT2D eigenvalue weighted by Gasteiger charge is -2.38. The van der Waals surface area contributed by atoms with Crippen molar-refractivity contribution in [2.24, 2.45) is 11.8 Å². The van der Waals surface area contributed by atoms with Crippen LogP contribution in [-0.2, 0) is 32.0 Å². The van der Waals surface area contributed by atoms with Crippen molar-refractivity contribution in [2.45, 2.75) is 32.0 Å². The van der Waals surface area contributed by atoms with Gasteiger partial charge in [-0.3, -0.25) is 4.79 Å². The van der Waals surface area contributed by atoms with Gasteiger partial charge in [-0.2, -0.15) is 0 Å². The Hall–Kier alpha value is -2.90. The number of hydrogen-bond donors (Lipinski definition) is 0. The molecular formula is C26H29FO6. The van der Waals surface area contributed by atoms with Gasteiger partial charge in [0.05, 0.1) is 13.7 Å². The molecule has 6 nitrogen and oxygen atoms in total. The van der Waals surface area contributed by atoms with Gasteiger partial charge in [0.25, 0.3) is 0 Å². The van der Waals surface area contributed by atoms with E-state index >= 15 is 4.39 Å². The van der Waals surface area contributed by atoms with E-state index in [4.69, 9.17) is 23.7 Å². The standard InChI is InChI=1S/C26H29FO6/c1-17(26-13-20(15-29-2)22(28)12-25(26)32-16-33-26)9-19-10-24(23(30-3)11-21(19)27)31-14-18-7-5-4-6-8-18/h4-8,10-12,17,20H,9,13-16H2,1-3H3/t17-,20-,26+/m0/s1. The molecule has 1 saturated heterocycles. The molecule has 0 saturated carbocycles. The molecule has 0 bridgehead atoms. The summed E-state index contributed by atoms with van der Waals surface area (Å²) in [5.74, 6) is 0.415. The van der Waals surface area contributed by atoms with Gasteiger partial charge in [-0.25, -0.2) is 4.39 Å². The Labute approximate surface area is 193 Å². The first kappa shape index (κ1) is 23.3. The molecule has 1 heterocycles. The summed E-state index contributed by atoms with van der Waals surface area (Å²) >= 11 is 0. The summed E-state index contributed by atoms with van der Waals surface area (Å²) in [6.07, 6.45) is 2.31. The van der Waals surface area contributed by atoms with Crippen LogP contribution < -0.4 is 9.47 Å². The number of carbonyl (C=O) groups excluding carboxylic acids is 1. The lowest BCUT2D eigenvalue weighted by atomic mass is 9.72. The van der Waals surface area contributed by atoms with Gasteiger partial charge in [0.2, 0.25) is 0 Å². The fourth-order valence-electron chi connectivity index (χ4n) is 4.59. The fourth-order valence-corrected chi connectivity index (χ4v) is 4.59. The number of benzene rings is 2. The van der Waals surface area contributed by atoms with E-state index in [0.717, 1.165) is 5.56 Å². The molecule has 2 aliphatic rings. The Morgan fingerprint density at radius 2 is 1.97 bits per heavy atom. The minimum absolute atomic E-state index is 0.0348. The molecule has 7 heteroatoms. The third kappa shape index (κ3) is 4.75. The number of carbonyl (C=O) groups is 1. The summed E-state index contributed by atoms with van der Waals surface area (Å²) in [6.45, 7) is 2.69. The van der Waals surface area contributed by atoms with Gasteiger partial charge >= 0.3 is 0 Å². The van der Waals surface area contributed by atoms with Gasteiger partial charge in [-0.05, 0) is 36.0 Å². The summed E-state index contributed by atoms with van der Waals surface area (Å²) in [7, 11) is 3.06. The summed E-state index contributed by atoms with van der Waals surface area (Å²) in [5.41, 5.74) is 0.685. The number of hydrogen-bond acceptors (Lipinski definition) is 6. The van der Waals surface area contributed by atoms with Gasteiger partial charge < -0.3 is 23.7 Å². The van der Waals surface area contributed by atoms with Crippen LogP contribution in [0.25, 0.3) is 0 Å². The molecule has 0 aromatic heterocycles. The zero-order valence-corrected chi connectivity index (χ0v) is 19.1. The first-order valence-electron chi connectivity index (χ1n) is 11.0. The van der Waals surface area contributed by atoms with Crippen LogP contribution in [0.15, 0.2) is 54.3 Å². The smallest absolute Gasteiger partial charge is 0.189 e. The van der Waals surface area contributed by atoms with Crippen LogP contribution in [-0.4, -0.2) is 39.0 Å². The predicted octanol–water partition coefficient (Wildman–Crippen LogP) is 4.45. The second-order valence-electron chi connectivity index (χ2n) is 8.54. The Morgan fingerprint density at radius 3 is 2.70 bits per heavy atom. The third-order valence-corrected chi connectivity index (χ3v) is 6.43. The van der Waals surface area contributed by atoms with E-state index < -0.39 is 5.60 Å². The van der Waals surface area contributed by atoms with Crippen LogP contribution in [0.1, 0.15) is 24.5 Å². The first-order valence-corrected chi connectivity index (χ1v) is 11.0. The van der Waals surface area contributed by atoms with Crippen molar-refractivity contribution in [3.05, 3.63) is 71.2 Å². The van der Waals surface area contributed by atoms with Crippen molar-refractivity contribution in [3.63, 3.8) is 0 Å². The zero-order valence-electron chi connectivity index (χ0n) is 19.1. The van der Waals surface area contributed by atoms with E-state index in [-0.39, 0.29) is 30.2 Å². The fraction of sp³-hybridized carbons (Fsp3) is 0.423. The highest BCUT2D eigenvalue weighted by Crippen LogP contribution is 2.46. The number of ketones is 1. The average molecular weight is 457 g/mol. The summed E-state index contributed by atoms with van der Waals surface area (Å²) in [4.78, 5) is 12.4. The molecule has 1 fully saturated rings. The molecule has 4 rings (SSSR count). The van der Waals surface area contributed by atoms with Crippen LogP contribution >= 0.6 is 0 Å². The minimum atomic E-state index is -0.797. The van der Waals surface area contributed by atoms with Crippen LogP contribution in [0, 0.1) is 17.7 Å². The summed E-state index contributed by atoms with van der Waals surface area (Å²) in [6, 6.07) is 12.8. The van der Waals surface area contributed by atoms with E-state index in [1.54, 1.807) is 13.2 Å². The van der Waals surface area contributed by atoms with E-state index in [9.17, 15) is 4.79 Å². The highest BCUT2D eigenvalue weighted by molar-refractivity contribution is 5.93. The molecule has 2 aromatic carbocycles. The molecule has 0 N–H and O–H groups in total. The van der Waals surface area contributed by atoms with E-state index in [1.807, 2.05) is 37.3 Å². The maximum atomic E-state index is 15.0. The van der Waals surface area contributed by atoms with Crippen molar-refractivity contribution in [2.75, 3.05) is 27.6 Å². The lowest BCUT2D eigenvalue weighted by molar-refractivity contribution is -0.125. The third-order valence-electron chi connectivity index (χ3n) is 6.43. The lowest BCUT2D eigenvalue weighted by Crippen LogP contribution is -2.46. The number of fused-ring (bicyclic) bond motifs is 1. The van der Waals surface area contributed by atoms with E-state index in [1.165, 1.54) is 19.3 Å². The first-order chi connectivity index (χ1) is 16.0. The quantitative estimate of drug-likeness (QED) is 0.556. The normalized spacial score (nSPS) is 22.8. The SMILES string of the molecule is COC[C@@H]1C[C@]2([C@@H](C)Cc3cc(OCc4ccccc4)c(OC)cc3F)OCOC2=CC1=O. The molecule has 1 aliphatic heterocycles. The topological polar surface area (TPSA) is 63.2 Å². The van der Waals surface area contributed by atoms with Gasteiger partial charge in [-0.15, -0.1) is 0 Å². The second-order valence-corrected chi connectivity index (χ2v) is 8.54. The highest BCUT2D eigenvalue weighted by Gasteiger charge is 2.52. The Morgan fingerprint density at radius 1 is 1.18 bits per heavy atom. The molecule has 176 valence electrons. The summed E-state index contributed by atoms with van der Waals surface area (Å²) < 4.78 is 43.2. The molecule has 33 heavy (non-hydrogen) atoms. The molecular weight excluding hydrogens is 427 g/mol. The van der Waals surface area contributed by atoms with Crippen molar-refractivity contribution in [3.8, 4) is 11.5 Å². The van der Waals surface area contributed by atoms with Crippen molar-refractivity contribution >= 4 is 5.78 Å². The summed E-state index contributed by atoms with van der Waals surface area (Å²) in [5, 5.41) is 0. The Balaban J connectivity index is 1.57.